The van der Waals surface area contributed by atoms with E-state index in [4.69, 9.17) is 10.5 Å². The molecule has 6 heteroatoms. The van der Waals surface area contributed by atoms with E-state index in [0.29, 0.717) is 12.0 Å². The minimum atomic E-state index is 0.0123. The summed E-state index contributed by atoms with van der Waals surface area (Å²) in [5.74, 6) is 0.771. The summed E-state index contributed by atoms with van der Waals surface area (Å²) in [6, 6.07) is 0.591. The molecule has 6 nitrogen and oxygen atoms in total. The first-order chi connectivity index (χ1) is 8.43. The van der Waals surface area contributed by atoms with Gasteiger partial charge in [0, 0.05) is 12.6 Å². The molecule has 0 aliphatic heterocycles. The van der Waals surface area contributed by atoms with Crippen molar-refractivity contribution in [2.45, 2.75) is 53.2 Å². The second kappa shape index (κ2) is 6.37. The summed E-state index contributed by atoms with van der Waals surface area (Å²) in [7, 11) is 0. The highest BCUT2D eigenvalue weighted by Gasteiger charge is 2.15. The predicted molar refractivity (Wildman–Crippen MR) is 72.8 cm³/mol. The first-order valence-electron chi connectivity index (χ1n) is 6.38. The molecule has 0 bridgehead atoms. The highest BCUT2D eigenvalue weighted by Crippen LogP contribution is 2.16. The summed E-state index contributed by atoms with van der Waals surface area (Å²) < 4.78 is 5.47. The zero-order chi connectivity index (χ0) is 13.7. The summed E-state index contributed by atoms with van der Waals surface area (Å²) in [6.45, 7) is 11.0. The molecule has 1 rings (SSSR count). The maximum absolute atomic E-state index is 5.70. The molecular weight excluding hydrogens is 230 g/mol. The Kier molecular flexibility index (Phi) is 5.12. The number of nitrogens with zero attached hydrogens (tertiary/aromatic N) is 4. The third kappa shape index (κ3) is 4.01. The van der Waals surface area contributed by atoms with Crippen LogP contribution in [-0.2, 0) is 0 Å². The fraction of sp³-hybridized carbons (Fsp3) is 0.750. The quantitative estimate of drug-likeness (QED) is 0.834. The Morgan fingerprint density at radius 2 is 1.83 bits per heavy atom. The fourth-order valence-corrected chi connectivity index (χ4v) is 1.58. The molecule has 2 N–H and O–H groups in total. The molecule has 0 unspecified atom stereocenters. The molecule has 1 heterocycles. The van der Waals surface area contributed by atoms with E-state index in [-0.39, 0.29) is 18.1 Å². The Balaban J connectivity index is 3.02. The van der Waals surface area contributed by atoms with Gasteiger partial charge in [0.05, 0.1) is 6.10 Å². The van der Waals surface area contributed by atoms with Crippen LogP contribution in [-0.4, -0.2) is 33.6 Å². The Morgan fingerprint density at radius 1 is 1.17 bits per heavy atom. The highest BCUT2D eigenvalue weighted by molar-refractivity contribution is 5.36. The number of ether oxygens (including phenoxy) is 1. The van der Waals surface area contributed by atoms with Gasteiger partial charge in [0.1, 0.15) is 0 Å². The smallest absolute Gasteiger partial charge is 0.323 e. The van der Waals surface area contributed by atoms with Crippen molar-refractivity contribution in [1.82, 2.24) is 15.0 Å². The van der Waals surface area contributed by atoms with Gasteiger partial charge in [-0.3, -0.25) is 0 Å². The Hall–Kier alpha value is -1.59. The summed E-state index contributed by atoms with van der Waals surface area (Å²) in [4.78, 5) is 14.6. The number of hydrogen-bond acceptors (Lipinski definition) is 6. The van der Waals surface area contributed by atoms with Crippen molar-refractivity contribution in [3.05, 3.63) is 0 Å². The van der Waals surface area contributed by atoms with E-state index in [9.17, 15) is 0 Å². The second-order valence-electron chi connectivity index (χ2n) is 4.73. The number of nitrogens with two attached hydrogens (primary N) is 1. The van der Waals surface area contributed by atoms with E-state index in [1.54, 1.807) is 0 Å². The molecule has 0 saturated heterocycles. The van der Waals surface area contributed by atoms with Crippen LogP contribution in [0.5, 0.6) is 6.01 Å². The standard InChI is InChI=1S/C12H23N5O/c1-6-7-17(8(2)3)11-14-10(13)15-12(16-11)18-9(4)5/h8-9H,6-7H2,1-5H3,(H2,13,14,15,16). The van der Waals surface area contributed by atoms with Gasteiger partial charge in [0.25, 0.3) is 0 Å². The first-order valence-corrected chi connectivity index (χ1v) is 6.38. The van der Waals surface area contributed by atoms with Crippen molar-refractivity contribution in [3.8, 4) is 6.01 Å². The lowest BCUT2D eigenvalue weighted by Gasteiger charge is -2.26. The number of anilines is 2. The minimum Gasteiger partial charge on any atom is -0.461 e. The maximum atomic E-state index is 5.70. The van der Waals surface area contributed by atoms with E-state index in [0.717, 1.165) is 13.0 Å². The van der Waals surface area contributed by atoms with E-state index >= 15 is 0 Å². The minimum absolute atomic E-state index is 0.0123. The molecule has 0 radical (unpaired) electrons. The topological polar surface area (TPSA) is 77.2 Å². The third-order valence-corrected chi connectivity index (χ3v) is 2.31. The van der Waals surface area contributed by atoms with Gasteiger partial charge in [-0.05, 0) is 34.1 Å². The highest BCUT2D eigenvalue weighted by atomic mass is 16.5. The van der Waals surface area contributed by atoms with Crippen molar-refractivity contribution >= 4 is 11.9 Å². The summed E-state index contributed by atoms with van der Waals surface area (Å²) in [6.07, 6.45) is 1.03. The van der Waals surface area contributed by atoms with E-state index < -0.39 is 0 Å². The number of nitrogen functional groups attached to an aromatic ring is 1. The van der Waals surface area contributed by atoms with Gasteiger partial charge in [-0.25, -0.2) is 0 Å². The molecule has 0 atom stereocenters. The number of hydrogen-bond donors (Lipinski definition) is 1. The monoisotopic (exact) mass is 253 g/mol. The molecule has 1 aromatic heterocycles. The lowest BCUT2D eigenvalue weighted by atomic mass is 10.3. The van der Waals surface area contributed by atoms with Crippen LogP contribution in [0.3, 0.4) is 0 Å². The SMILES string of the molecule is CCCN(c1nc(N)nc(OC(C)C)n1)C(C)C. The van der Waals surface area contributed by atoms with Crippen LogP contribution in [0.2, 0.25) is 0 Å². The Bertz CT molecular complexity index is 381. The molecular formula is C12H23N5O. The predicted octanol–water partition coefficient (Wildman–Crippen LogP) is 1.87. The average molecular weight is 253 g/mol. The summed E-state index contributed by atoms with van der Waals surface area (Å²) in [5, 5.41) is 0. The van der Waals surface area contributed by atoms with Crippen molar-refractivity contribution in [2.75, 3.05) is 17.2 Å². The molecule has 0 aromatic carbocycles. The maximum Gasteiger partial charge on any atom is 0.323 e. The van der Waals surface area contributed by atoms with Crippen LogP contribution in [0.4, 0.5) is 11.9 Å². The van der Waals surface area contributed by atoms with Gasteiger partial charge in [-0.1, -0.05) is 6.92 Å². The Labute approximate surface area is 109 Å². The molecule has 102 valence electrons. The van der Waals surface area contributed by atoms with Crippen LogP contribution in [0.25, 0.3) is 0 Å². The van der Waals surface area contributed by atoms with Crippen LogP contribution >= 0.6 is 0 Å². The van der Waals surface area contributed by atoms with Crippen molar-refractivity contribution in [1.29, 1.82) is 0 Å². The molecule has 0 aliphatic rings. The normalized spacial score (nSPS) is 11.1. The average Bonchev–Trinajstić information content (AvgIpc) is 2.23. The van der Waals surface area contributed by atoms with Crippen molar-refractivity contribution < 1.29 is 4.74 Å². The van der Waals surface area contributed by atoms with E-state index in [1.807, 2.05) is 13.8 Å². The first kappa shape index (κ1) is 14.5. The molecule has 18 heavy (non-hydrogen) atoms. The van der Waals surface area contributed by atoms with Gasteiger partial charge >= 0.3 is 6.01 Å². The van der Waals surface area contributed by atoms with Gasteiger partial charge in [0.2, 0.25) is 11.9 Å². The van der Waals surface area contributed by atoms with Crippen LogP contribution in [0.1, 0.15) is 41.0 Å². The second-order valence-corrected chi connectivity index (χ2v) is 4.73. The van der Waals surface area contributed by atoms with Crippen LogP contribution < -0.4 is 15.4 Å². The van der Waals surface area contributed by atoms with E-state index in [1.165, 1.54) is 0 Å². The molecule has 0 amide bonds. The third-order valence-electron chi connectivity index (χ3n) is 2.31. The zero-order valence-electron chi connectivity index (χ0n) is 11.8. The van der Waals surface area contributed by atoms with Crippen molar-refractivity contribution in [3.63, 3.8) is 0 Å². The van der Waals surface area contributed by atoms with Gasteiger partial charge in [0.15, 0.2) is 0 Å². The van der Waals surface area contributed by atoms with Crippen molar-refractivity contribution in [2.24, 2.45) is 0 Å². The number of aromatic nitrogens is 3. The molecule has 1 aromatic rings. The van der Waals surface area contributed by atoms with Gasteiger partial charge in [-0.2, -0.15) is 15.0 Å². The Morgan fingerprint density at radius 3 is 2.33 bits per heavy atom. The van der Waals surface area contributed by atoms with Gasteiger partial charge in [-0.15, -0.1) is 0 Å². The summed E-state index contributed by atoms with van der Waals surface area (Å²) >= 11 is 0. The van der Waals surface area contributed by atoms with E-state index in [2.05, 4.69) is 40.6 Å². The molecule has 0 spiro atoms. The van der Waals surface area contributed by atoms with Crippen LogP contribution in [0.15, 0.2) is 0 Å². The zero-order valence-corrected chi connectivity index (χ0v) is 11.8. The van der Waals surface area contributed by atoms with Gasteiger partial charge < -0.3 is 15.4 Å². The van der Waals surface area contributed by atoms with Crippen LogP contribution in [0, 0.1) is 0 Å². The molecule has 0 saturated carbocycles. The molecule has 0 fully saturated rings. The number of rotatable bonds is 6. The lowest BCUT2D eigenvalue weighted by molar-refractivity contribution is 0.222. The largest absolute Gasteiger partial charge is 0.461 e. The lowest BCUT2D eigenvalue weighted by Crippen LogP contribution is -2.33. The summed E-state index contributed by atoms with van der Waals surface area (Å²) in [5.41, 5.74) is 5.70. The molecule has 0 aliphatic carbocycles. The fourth-order valence-electron chi connectivity index (χ4n) is 1.58.